The third kappa shape index (κ3) is 5.68. The molecule has 9 heteroatoms. The number of rotatable bonds is 8. The lowest BCUT2D eigenvalue weighted by Gasteiger charge is -2.36. The Hall–Kier alpha value is -3.72. The molecule has 3 aliphatic rings. The Balaban J connectivity index is 1.29. The smallest absolute Gasteiger partial charge is 0.227 e. The summed E-state index contributed by atoms with van der Waals surface area (Å²) in [5.74, 6) is 0.868. The highest BCUT2D eigenvalue weighted by molar-refractivity contribution is 6.13. The highest BCUT2D eigenvalue weighted by Crippen LogP contribution is 2.42. The summed E-state index contributed by atoms with van der Waals surface area (Å²) in [5.41, 5.74) is 4.73. The van der Waals surface area contributed by atoms with Gasteiger partial charge in [0.05, 0.1) is 29.5 Å². The molecule has 0 aliphatic carbocycles. The molecule has 1 N–H and O–H groups in total. The second-order valence-corrected chi connectivity index (χ2v) is 11.1. The number of hydrogen-bond acceptors (Lipinski definition) is 8. The number of nitrogens with zero attached hydrogens (tertiary/aromatic N) is 6. The molecule has 206 valence electrons. The fourth-order valence-electron chi connectivity index (χ4n) is 5.70. The van der Waals surface area contributed by atoms with Gasteiger partial charge in [-0.05, 0) is 72.1 Å². The number of amides is 1. The van der Waals surface area contributed by atoms with E-state index in [9.17, 15) is 4.79 Å². The van der Waals surface area contributed by atoms with Crippen molar-refractivity contribution in [3.63, 3.8) is 0 Å². The topological polar surface area (TPSA) is 85.7 Å². The molecule has 9 nitrogen and oxygen atoms in total. The standard InChI is InChI=1S/C30H39N7O2/c1-30(2)29(31-3)26(25-9-8-23(16-27(25)39-30)37-12-6-7-28(37)38)19-33-20-34-21-15-24(18-32-17-21)36-13-10-22(11-14-36)35(4)5/h8-9,15-19,22,34H,3,6-7,10-14,20H2,1-2,4-5H3/b33-19-. The van der Waals surface area contributed by atoms with Crippen LogP contribution in [0.3, 0.4) is 0 Å². The molecule has 0 saturated carbocycles. The molecule has 0 unspecified atom stereocenters. The van der Waals surface area contributed by atoms with Gasteiger partial charge in [-0.1, -0.05) is 0 Å². The van der Waals surface area contributed by atoms with E-state index in [0.29, 0.717) is 24.9 Å². The van der Waals surface area contributed by atoms with Gasteiger partial charge in [0.1, 0.15) is 18.0 Å². The number of carbonyl (C=O) groups is 1. The second-order valence-electron chi connectivity index (χ2n) is 11.1. The molecule has 0 radical (unpaired) electrons. The molecular formula is C30H39N7O2. The minimum absolute atomic E-state index is 0.151. The first-order valence-corrected chi connectivity index (χ1v) is 13.7. The van der Waals surface area contributed by atoms with Gasteiger partial charge < -0.3 is 24.8 Å². The van der Waals surface area contributed by atoms with Crippen LogP contribution in [0.4, 0.5) is 17.1 Å². The lowest BCUT2D eigenvalue weighted by Crippen LogP contribution is -2.42. The van der Waals surface area contributed by atoms with E-state index < -0.39 is 5.60 Å². The predicted molar refractivity (Wildman–Crippen MR) is 159 cm³/mol. The lowest BCUT2D eigenvalue weighted by molar-refractivity contribution is -0.117. The number of fused-ring (bicyclic) bond motifs is 1. The zero-order valence-electron chi connectivity index (χ0n) is 23.5. The van der Waals surface area contributed by atoms with Gasteiger partial charge in [0, 0.05) is 61.2 Å². The Labute approximate surface area is 231 Å². The molecule has 1 amide bonds. The van der Waals surface area contributed by atoms with Crippen LogP contribution < -0.4 is 19.9 Å². The maximum absolute atomic E-state index is 12.3. The second kappa shape index (κ2) is 11.2. The normalized spacial score (nSPS) is 19.6. The first-order chi connectivity index (χ1) is 18.8. The van der Waals surface area contributed by atoms with Gasteiger partial charge >= 0.3 is 0 Å². The zero-order valence-corrected chi connectivity index (χ0v) is 23.5. The van der Waals surface area contributed by atoms with E-state index in [-0.39, 0.29) is 5.91 Å². The number of ether oxygens (including phenoxy) is 1. The number of carbonyl (C=O) groups excluding carboxylic acids is 1. The van der Waals surface area contributed by atoms with Crippen molar-refractivity contribution in [2.24, 2.45) is 9.98 Å². The molecule has 2 saturated heterocycles. The van der Waals surface area contributed by atoms with Crippen LogP contribution in [0.2, 0.25) is 0 Å². The summed E-state index contributed by atoms with van der Waals surface area (Å²) in [6, 6.07) is 8.68. The fourth-order valence-corrected chi connectivity index (χ4v) is 5.70. The summed E-state index contributed by atoms with van der Waals surface area (Å²) >= 11 is 0. The van der Waals surface area contributed by atoms with Crippen LogP contribution in [0.15, 0.2) is 52.3 Å². The Bertz CT molecular complexity index is 1290. The number of pyridine rings is 1. The number of allylic oxidation sites excluding steroid dienone is 1. The van der Waals surface area contributed by atoms with Gasteiger partial charge in [-0.3, -0.25) is 19.8 Å². The first-order valence-electron chi connectivity index (χ1n) is 13.7. The summed E-state index contributed by atoms with van der Waals surface area (Å²) in [6.07, 6.45) is 9.38. The van der Waals surface area contributed by atoms with Crippen LogP contribution in [0.5, 0.6) is 5.75 Å². The fraction of sp³-hybridized carbons (Fsp3) is 0.467. The number of anilines is 3. The van der Waals surface area contributed by atoms with E-state index in [1.807, 2.05) is 55.6 Å². The number of nitrogens with one attached hydrogen (secondary N) is 1. The predicted octanol–water partition coefficient (Wildman–Crippen LogP) is 4.46. The van der Waals surface area contributed by atoms with Crippen molar-refractivity contribution >= 4 is 41.5 Å². The van der Waals surface area contributed by atoms with E-state index in [0.717, 1.165) is 72.8 Å². The quantitative estimate of drug-likeness (QED) is 0.508. The van der Waals surface area contributed by atoms with E-state index in [1.54, 1.807) is 0 Å². The van der Waals surface area contributed by atoms with Crippen LogP contribution in [0.25, 0.3) is 5.57 Å². The molecule has 2 aromatic rings. The first kappa shape index (κ1) is 26.9. The highest BCUT2D eigenvalue weighted by Gasteiger charge is 2.35. The SMILES string of the molecule is C=NC1=C(/C=N\CNc2cncc(N3CCC(N(C)C)CC3)c2)c2ccc(N3CCCC3=O)cc2OC1(C)C. The number of hydrogen-bond donors (Lipinski definition) is 1. The summed E-state index contributed by atoms with van der Waals surface area (Å²) in [4.78, 5) is 32.3. The van der Waals surface area contributed by atoms with Crippen molar-refractivity contribution in [1.82, 2.24) is 9.88 Å². The number of piperidine rings is 1. The number of aliphatic imine (C=N–C) groups is 2. The molecule has 0 atom stereocenters. The lowest BCUT2D eigenvalue weighted by atomic mass is 9.91. The van der Waals surface area contributed by atoms with Crippen LogP contribution >= 0.6 is 0 Å². The van der Waals surface area contributed by atoms with Crippen molar-refractivity contribution in [2.75, 3.05) is 55.5 Å². The molecule has 1 aromatic heterocycles. The van der Waals surface area contributed by atoms with Gasteiger partial charge in [0.15, 0.2) is 0 Å². The van der Waals surface area contributed by atoms with Crippen molar-refractivity contribution in [3.05, 3.63) is 47.9 Å². The van der Waals surface area contributed by atoms with Crippen molar-refractivity contribution < 1.29 is 9.53 Å². The summed E-state index contributed by atoms with van der Waals surface area (Å²) < 4.78 is 6.33. The maximum atomic E-state index is 12.3. The van der Waals surface area contributed by atoms with Crippen molar-refractivity contribution in [3.8, 4) is 5.75 Å². The number of benzene rings is 1. The molecule has 0 bridgehead atoms. The molecule has 39 heavy (non-hydrogen) atoms. The minimum atomic E-state index is -0.685. The van der Waals surface area contributed by atoms with Crippen LogP contribution in [-0.4, -0.2) is 80.8 Å². The van der Waals surface area contributed by atoms with Gasteiger partial charge in [-0.25, -0.2) is 0 Å². The molecule has 5 rings (SSSR count). The third-order valence-corrected chi connectivity index (χ3v) is 7.87. The molecule has 4 heterocycles. The number of aromatic nitrogens is 1. The summed E-state index contributed by atoms with van der Waals surface area (Å²) in [6.45, 7) is 10.9. The molecule has 3 aliphatic heterocycles. The Morgan fingerprint density at radius 3 is 2.67 bits per heavy atom. The van der Waals surface area contributed by atoms with Gasteiger partial charge in [0.2, 0.25) is 5.91 Å². The van der Waals surface area contributed by atoms with Crippen molar-refractivity contribution in [1.29, 1.82) is 0 Å². The molecular weight excluding hydrogens is 490 g/mol. The van der Waals surface area contributed by atoms with Gasteiger partial charge in [0.25, 0.3) is 0 Å². The largest absolute Gasteiger partial charge is 0.481 e. The van der Waals surface area contributed by atoms with E-state index in [4.69, 9.17) is 4.74 Å². The van der Waals surface area contributed by atoms with Crippen LogP contribution in [0, 0.1) is 0 Å². The van der Waals surface area contributed by atoms with Crippen LogP contribution in [0.1, 0.15) is 45.1 Å². The monoisotopic (exact) mass is 529 g/mol. The Morgan fingerprint density at radius 1 is 1.18 bits per heavy atom. The van der Waals surface area contributed by atoms with Crippen molar-refractivity contribution in [2.45, 2.75) is 51.2 Å². The van der Waals surface area contributed by atoms with E-state index in [1.165, 1.54) is 0 Å². The summed E-state index contributed by atoms with van der Waals surface area (Å²) in [5, 5.41) is 3.38. The van der Waals surface area contributed by atoms with E-state index in [2.05, 4.69) is 57.0 Å². The Kier molecular flexibility index (Phi) is 7.70. The zero-order chi connectivity index (χ0) is 27.6. The maximum Gasteiger partial charge on any atom is 0.227 e. The Morgan fingerprint density at radius 2 is 1.97 bits per heavy atom. The van der Waals surface area contributed by atoms with Gasteiger partial charge in [-0.2, -0.15) is 0 Å². The molecule has 1 aromatic carbocycles. The molecule has 0 spiro atoms. The average molecular weight is 530 g/mol. The average Bonchev–Trinajstić information content (AvgIpc) is 3.36. The van der Waals surface area contributed by atoms with Crippen LogP contribution in [-0.2, 0) is 4.79 Å². The highest BCUT2D eigenvalue weighted by atomic mass is 16.5. The van der Waals surface area contributed by atoms with E-state index >= 15 is 0 Å². The molecule has 2 fully saturated rings. The van der Waals surface area contributed by atoms with Gasteiger partial charge in [-0.15, -0.1) is 0 Å². The minimum Gasteiger partial charge on any atom is -0.481 e. The third-order valence-electron chi connectivity index (χ3n) is 7.87. The summed E-state index contributed by atoms with van der Waals surface area (Å²) in [7, 11) is 4.32.